The van der Waals surface area contributed by atoms with Crippen molar-refractivity contribution >= 4 is 5.91 Å². The Kier molecular flexibility index (Phi) is 3.75. The van der Waals surface area contributed by atoms with Crippen LogP contribution in [0.2, 0.25) is 0 Å². The van der Waals surface area contributed by atoms with E-state index in [4.69, 9.17) is 0 Å². The number of aromatic nitrogens is 2. The summed E-state index contributed by atoms with van der Waals surface area (Å²) in [5.74, 6) is -0.568. The molecule has 2 rings (SSSR count). The lowest BCUT2D eigenvalue weighted by atomic mass is 10.3. The lowest BCUT2D eigenvalue weighted by Crippen LogP contribution is -2.23. The van der Waals surface area contributed by atoms with Gasteiger partial charge in [-0.3, -0.25) is 4.79 Å². The van der Waals surface area contributed by atoms with Gasteiger partial charge in [0.15, 0.2) is 5.69 Å². The number of nitrogens with zero attached hydrogens (tertiary/aromatic N) is 2. The van der Waals surface area contributed by atoms with Gasteiger partial charge >= 0.3 is 0 Å². The minimum Gasteiger partial charge on any atom is -0.347 e. The third-order valence-corrected chi connectivity index (χ3v) is 2.60. The molecule has 1 aromatic carbocycles. The van der Waals surface area contributed by atoms with Crippen LogP contribution in [0.1, 0.15) is 16.2 Å². The molecule has 0 unspecified atom stereocenters. The maximum atomic E-state index is 12.9. The second-order valence-electron chi connectivity index (χ2n) is 4.06. The van der Waals surface area contributed by atoms with Crippen LogP contribution in [0, 0.1) is 12.7 Å². The van der Waals surface area contributed by atoms with E-state index in [-0.39, 0.29) is 11.7 Å². The molecule has 98 valence electrons. The number of carbonyl (C=O) groups excluding carboxylic acids is 1. The first-order valence-corrected chi connectivity index (χ1v) is 5.83. The molecule has 5 heteroatoms. The third kappa shape index (κ3) is 2.88. The number of amides is 1. The van der Waals surface area contributed by atoms with Crippen LogP contribution >= 0.6 is 0 Å². The first-order chi connectivity index (χ1) is 9.11. The van der Waals surface area contributed by atoms with E-state index in [9.17, 15) is 9.18 Å². The number of rotatable bonds is 4. The van der Waals surface area contributed by atoms with E-state index in [1.807, 2.05) is 6.92 Å². The average molecular weight is 259 g/mol. The zero-order valence-electron chi connectivity index (χ0n) is 10.6. The van der Waals surface area contributed by atoms with Gasteiger partial charge in [0.2, 0.25) is 0 Å². The normalized spacial score (nSPS) is 10.2. The van der Waals surface area contributed by atoms with Gasteiger partial charge in [-0.25, -0.2) is 9.07 Å². The summed E-state index contributed by atoms with van der Waals surface area (Å²) in [5.41, 5.74) is 1.83. The van der Waals surface area contributed by atoms with Gasteiger partial charge in [-0.05, 0) is 37.3 Å². The molecule has 0 aliphatic carbocycles. The van der Waals surface area contributed by atoms with Crippen molar-refractivity contribution < 1.29 is 9.18 Å². The van der Waals surface area contributed by atoms with Crippen molar-refractivity contribution in [1.29, 1.82) is 0 Å². The van der Waals surface area contributed by atoms with Crippen LogP contribution < -0.4 is 5.32 Å². The van der Waals surface area contributed by atoms with Gasteiger partial charge < -0.3 is 5.32 Å². The van der Waals surface area contributed by atoms with Gasteiger partial charge in [-0.1, -0.05) is 6.08 Å². The van der Waals surface area contributed by atoms with E-state index in [1.165, 1.54) is 12.1 Å². The van der Waals surface area contributed by atoms with Crippen LogP contribution in [0.15, 0.2) is 43.0 Å². The van der Waals surface area contributed by atoms with Crippen molar-refractivity contribution in [1.82, 2.24) is 15.1 Å². The third-order valence-electron chi connectivity index (χ3n) is 2.60. The summed E-state index contributed by atoms with van der Waals surface area (Å²) in [6, 6.07) is 7.62. The minimum atomic E-state index is -0.308. The standard InChI is InChI=1S/C14H14FN3O/c1-3-8-16-14(19)13-9-10(2)18(17-13)12-6-4-11(15)5-7-12/h3-7,9H,1,8H2,2H3,(H,16,19). The topological polar surface area (TPSA) is 46.9 Å². The van der Waals surface area contributed by atoms with Crippen LogP contribution in [0.25, 0.3) is 5.69 Å². The lowest BCUT2D eigenvalue weighted by Gasteiger charge is -2.03. The second-order valence-corrected chi connectivity index (χ2v) is 4.06. The van der Waals surface area contributed by atoms with E-state index < -0.39 is 0 Å². The van der Waals surface area contributed by atoms with Gasteiger partial charge in [-0.2, -0.15) is 5.10 Å². The number of aryl methyl sites for hydroxylation is 1. The highest BCUT2D eigenvalue weighted by molar-refractivity contribution is 5.92. The SMILES string of the molecule is C=CCNC(=O)c1cc(C)n(-c2ccc(F)cc2)n1. The predicted molar refractivity (Wildman–Crippen MR) is 70.8 cm³/mol. The Morgan fingerprint density at radius 1 is 1.47 bits per heavy atom. The molecule has 0 saturated carbocycles. The first-order valence-electron chi connectivity index (χ1n) is 5.83. The highest BCUT2D eigenvalue weighted by Crippen LogP contribution is 2.12. The van der Waals surface area contributed by atoms with Crippen LogP contribution in [0.5, 0.6) is 0 Å². The van der Waals surface area contributed by atoms with Crippen molar-refractivity contribution in [3.8, 4) is 5.69 Å². The molecule has 0 aliphatic rings. The number of hydrogen-bond donors (Lipinski definition) is 1. The van der Waals surface area contributed by atoms with E-state index >= 15 is 0 Å². The highest BCUT2D eigenvalue weighted by Gasteiger charge is 2.12. The Balaban J connectivity index is 2.28. The molecular weight excluding hydrogens is 245 g/mol. The predicted octanol–water partition coefficient (Wildman–Crippen LogP) is 2.24. The Morgan fingerprint density at radius 2 is 2.16 bits per heavy atom. The number of halogens is 1. The van der Waals surface area contributed by atoms with E-state index in [2.05, 4.69) is 17.0 Å². The van der Waals surface area contributed by atoms with Crippen molar-refractivity contribution in [3.05, 3.63) is 60.2 Å². The fourth-order valence-electron chi connectivity index (χ4n) is 1.68. The summed E-state index contributed by atoms with van der Waals surface area (Å²) in [6.07, 6.45) is 1.60. The molecule has 0 aliphatic heterocycles. The maximum absolute atomic E-state index is 12.9. The van der Waals surface area contributed by atoms with Crippen LogP contribution in [-0.4, -0.2) is 22.2 Å². The monoisotopic (exact) mass is 259 g/mol. The van der Waals surface area contributed by atoms with E-state index in [1.54, 1.807) is 29.0 Å². The molecular formula is C14H14FN3O. The summed E-state index contributed by atoms with van der Waals surface area (Å²) in [4.78, 5) is 11.8. The zero-order chi connectivity index (χ0) is 13.8. The van der Waals surface area contributed by atoms with Crippen molar-refractivity contribution in [3.63, 3.8) is 0 Å². The van der Waals surface area contributed by atoms with Gasteiger partial charge in [0.1, 0.15) is 5.82 Å². The second kappa shape index (κ2) is 5.48. The summed E-state index contributed by atoms with van der Waals surface area (Å²) < 4.78 is 14.5. The number of carbonyl (C=O) groups is 1. The van der Waals surface area contributed by atoms with Crippen molar-refractivity contribution in [2.75, 3.05) is 6.54 Å². The van der Waals surface area contributed by atoms with Gasteiger partial charge in [0, 0.05) is 12.2 Å². The molecule has 1 amide bonds. The Morgan fingerprint density at radius 3 is 2.79 bits per heavy atom. The molecule has 1 N–H and O–H groups in total. The van der Waals surface area contributed by atoms with Crippen LogP contribution in [0.4, 0.5) is 4.39 Å². The molecule has 4 nitrogen and oxygen atoms in total. The minimum absolute atomic E-state index is 0.260. The molecule has 0 spiro atoms. The van der Waals surface area contributed by atoms with Gasteiger partial charge in [-0.15, -0.1) is 6.58 Å². The fraction of sp³-hybridized carbons (Fsp3) is 0.143. The molecule has 1 aromatic heterocycles. The summed E-state index contributed by atoms with van der Waals surface area (Å²) in [7, 11) is 0. The maximum Gasteiger partial charge on any atom is 0.272 e. The summed E-state index contributed by atoms with van der Waals surface area (Å²) >= 11 is 0. The Labute approximate surface area is 110 Å². The smallest absolute Gasteiger partial charge is 0.272 e. The number of nitrogens with one attached hydrogen (secondary N) is 1. The fourth-order valence-corrected chi connectivity index (χ4v) is 1.68. The van der Waals surface area contributed by atoms with Gasteiger partial charge in [0.25, 0.3) is 5.91 Å². The van der Waals surface area contributed by atoms with Gasteiger partial charge in [0.05, 0.1) is 5.69 Å². The van der Waals surface area contributed by atoms with Crippen molar-refractivity contribution in [2.45, 2.75) is 6.92 Å². The lowest BCUT2D eigenvalue weighted by molar-refractivity contribution is 0.0952. The Hall–Kier alpha value is -2.43. The molecule has 0 fully saturated rings. The van der Waals surface area contributed by atoms with Crippen LogP contribution in [-0.2, 0) is 0 Å². The molecule has 0 radical (unpaired) electrons. The van der Waals surface area contributed by atoms with E-state index in [0.717, 1.165) is 5.69 Å². The molecule has 0 bridgehead atoms. The Bertz CT molecular complexity index is 602. The average Bonchev–Trinajstić information content (AvgIpc) is 2.79. The van der Waals surface area contributed by atoms with E-state index in [0.29, 0.717) is 17.9 Å². The molecule has 19 heavy (non-hydrogen) atoms. The summed E-state index contributed by atoms with van der Waals surface area (Å²) in [5, 5.41) is 6.87. The molecule has 1 heterocycles. The zero-order valence-corrected chi connectivity index (χ0v) is 10.6. The highest BCUT2D eigenvalue weighted by atomic mass is 19.1. The summed E-state index contributed by atoms with van der Waals surface area (Å²) in [6.45, 7) is 5.75. The number of benzene rings is 1. The van der Waals surface area contributed by atoms with Crippen LogP contribution in [0.3, 0.4) is 0 Å². The molecule has 0 saturated heterocycles. The quantitative estimate of drug-likeness (QED) is 0.856. The van der Waals surface area contributed by atoms with Crippen molar-refractivity contribution in [2.24, 2.45) is 0 Å². The largest absolute Gasteiger partial charge is 0.347 e. The number of hydrogen-bond acceptors (Lipinski definition) is 2. The molecule has 0 atom stereocenters. The molecule has 2 aromatic rings. The first kappa shape index (κ1) is 13.0.